The van der Waals surface area contributed by atoms with E-state index in [-0.39, 0.29) is 5.91 Å². The van der Waals surface area contributed by atoms with Crippen LogP contribution in [-0.4, -0.2) is 25.8 Å². The number of hydrogen-bond acceptors (Lipinski definition) is 4. The van der Waals surface area contributed by atoms with Crippen molar-refractivity contribution >= 4 is 11.6 Å². The quantitative estimate of drug-likeness (QED) is 0.676. The Morgan fingerprint density at radius 2 is 1.58 bits per heavy atom. The Morgan fingerprint density at radius 3 is 2.21 bits per heavy atom. The van der Waals surface area contributed by atoms with Crippen LogP contribution in [-0.2, 0) is 0 Å². The van der Waals surface area contributed by atoms with E-state index >= 15 is 0 Å². The standard InChI is InChI=1S/C19H22N2O3/c1-12-6-7-15(10-13(12)2)14(3)20-21-19(22)16-8-9-17(23-4)18(11-16)24-5/h6-11H,1-5H3,(H,21,22). The average molecular weight is 326 g/mol. The first-order valence-electron chi connectivity index (χ1n) is 7.60. The molecule has 126 valence electrons. The fourth-order valence-corrected chi connectivity index (χ4v) is 2.21. The summed E-state index contributed by atoms with van der Waals surface area (Å²) in [5, 5.41) is 4.18. The first-order chi connectivity index (χ1) is 11.5. The van der Waals surface area contributed by atoms with E-state index in [1.165, 1.54) is 18.2 Å². The van der Waals surface area contributed by atoms with Crippen molar-refractivity contribution in [2.45, 2.75) is 20.8 Å². The smallest absolute Gasteiger partial charge is 0.271 e. The number of benzene rings is 2. The Kier molecular flexibility index (Phi) is 5.58. The summed E-state index contributed by atoms with van der Waals surface area (Å²) in [5.41, 5.74) is 7.15. The van der Waals surface area contributed by atoms with Crippen LogP contribution >= 0.6 is 0 Å². The number of methoxy groups -OCH3 is 2. The lowest BCUT2D eigenvalue weighted by atomic mass is 10.0. The number of aryl methyl sites for hydroxylation is 2. The molecule has 1 N–H and O–H groups in total. The zero-order valence-electron chi connectivity index (χ0n) is 14.6. The predicted molar refractivity (Wildman–Crippen MR) is 95.1 cm³/mol. The van der Waals surface area contributed by atoms with Crippen LogP contribution in [0.3, 0.4) is 0 Å². The van der Waals surface area contributed by atoms with Gasteiger partial charge in [-0.05, 0) is 61.7 Å². The molecule has 0 heterocycles. The van der Waals surface area contributed by atoms with Gasteiger partial charge in [-0.15, -0.1) is 0 Å². The molecule has 1 amide bonds. The van der Waals surface area contributed by atoms with Gasteiger partial charge in [0.1, 0.15) is 0 Å². The summed E-state index contributed by atoms with van der Waals surface area (Å²) in [6.07, 6.45) is 0. The minimum absolute atomic E-state index is 0.306. The topological polar surface area (TPSA) is 59.9 Å². The number of nitrogens with zero attached hydrogens (tertiary/aromatic N) is 1. The molecule has 2 aromatic rings. The number of amides is 1. The van der Waals surface area contributed by atoms with Crippen LogP contribution in [0.15, 0.2) is 41.5 Å². The zero-order chi connectivity index (χ0) is 17.7. The molecule has 0 aliphatic heterocycles. The van der Waals surface area contributed by atoms with Crippen molar-refractivity contribution in [3.05, 3.63) is 58.7 Å². The van der Waals surface area contributed by atoms with Crippen LogP contribution in [0.2, 0.25) is 0 Å². The summed E-state index contributed by atoms with van der Waals surface area (Å²) in [4.78, 5) is 12.3. The van der Waals surface area contributed by atoms with Crippen molar-refractivity contribution in [2.24, 2.45) is 5.10 Å². The molecule has 0 fully saturated rings. The highest BCUT2D eigenvalue weighted by molar-refractivity contribution is 6.01. The van der Waals surface area contributed by atoms with Crippen LogP contribution in [0.5, 0.6) is 11.5 Å². The number of nitrogens with one attached hydrogen (secondary N) is 1. The molecule has 0 aliphatic rings. The Morgan fingerprint density at radius 1 is 0.917 bits per heavy atom. The minimum Gasteiger partial charge on any atom is -0.493 e. The van der Waals surface area contributed by atoms with Crippen molar-refractivity contribution in [3.63, 3.8) is 0 Å². The molecule has 24 heavy (non-hydrogen) atoms. The van der Waals surface area contributed by atoms with Crippen molar-refractivity contribution in [2.75, 3.05) is 14.2 Å². The average Bonchev–Trinajstić information content (AvgIpc) is 2.60. The number of hydrazone groups is 1. The highest BCUT2D eigenvalue weighted by atomic mass is 16.5. The molecule has 0 spiro atoms. The van der Waals surface area contributed by atoms with E-state index in [2.05, 4.69) is 23.5 Å². The maximum atomic E-state index is 12.3. The van der Waals surface area contributed by atoms with Gasteiger partial charge in [0.25, 0.3) is 5.91 Å². The van der Waals surface area contributed by atoms with Crippen molar-refractivity contribution < 1.29 is 14.3 Å². The maximum Gasteiger partial charge on any atom is 0.271 e. The van der Waals surface area contributed by atoms with Gasteiger partial charge in [-0.1, -0.05) is 12.1 Å². The molecule has 0 atom stereocenters. The Labute approximate surface area is 142 Å². The first-order valence-corrected chi connectivity index (χ1v) is 7.60. The van der Waals surface area contributed by atoms with E-state index in [1.807, 2.05) is 26.0 Å². The van der Waals surface area contributed by atoms with Gasteiger partial charge in [0.05, 0.1) is 19.9 Å². The van der Waals surface area contributed by atoms with E-state index in [9.17, 15) is 4.79 Å². The van der Waals surface area contributed by atoms with Gasteiger partial charge in [-0.3, -0.25) is 4.79 Å². The number of carbonyl (C=O) groups is 1. The second kappa shape index (κ2) is 7.64. The second-order valence-corrected chi connectivity index (χ2v) is 5.51. The van der Waals surface area contributed by atoms with E-state index in [4.69, 9.17) is 9.47 Å². The van der Waals surface area contributed by atoms with Gasteiger partial charge in [-0.2, -0.15) is 5.10 Å². The summed E-state index contributed by atoms with van der Waals surface area (Å²) < 4.78 is 10.4. The Hall–Kier alpha value is -2.82. The van der Waals surface area contributed by atoms with Crippen molar-refractivity contribution in [3.8, 4) is 11.5 Å². The SMILES string of the molecule is COc1ccc(C(=O)NN=C(C)c2ccc(C)c(C)c2)cc1OC. The molecule has 0 unspecified atom stereocenters. The Balaban J connectivity index is 2.15. The lowest BCUT2D eigenvalue weighted by Crippen LogP contribution is -2.19. The molecule has 0 aromatic heterocycles. The summed E-state index contributed by atoms with van der Waals surface area (Å²) >= 11 is 0. The summed E-state index contributed by atoms with van der Waals surface area (Å²) in [7, 11) is 3.08. The van der Waals surface area contributed by atoms with E-state index < -0.39 is 0 Å². The lowest BCUT2D eigenvalue weighted by molar-refractivity contribution is 0.0954. The maximum absolute atomic E-state index is 12.3. The van der Waals surface area contributed by atoms with E-state index in [0.717, 1.165) is 11.3 Å². The van der Waals surface area contributed by atoms with Crippen molar-refractivity contribution in [1.29, 1.82) is 0 Å². The van der Waals surface area contributed by atoms with Gasteiger partial charge < -0.3 is 9.47 Å². The molecule has 0 bridgehead atoms. The molecule has 2 rings (SSSR count). The number of rotatable bonds is 5. The normalized spacial score (nSPS) is 11.1. The monoisotopic (exact) mass is 326 g/mol. The van der Waals surface area contributed by atoms with Crippen LogP contribution in [0.25, 0.3) is 0 Å². The zero-order valence-corrected chi connectivity index (χ0v) is 14.6. The minimum atomic E-state index is -0.306. The predicted octanol–water partition coefficient (Wildman–Crippen LogP) is 3.47. The van der Waals surface area contributed by atoms with Gasteiger partial charge in [-0.25, -0.2) is 5.43 Å². The van der Waals surface area contributed by atoms with Crippen LogP contribution < -0.4 is 14.9 Å². The third kappa shape index (κ3) is 3.93. The molecule has 5 nitrogen and oxygen atoms in total. The van der Waals surface area contributed by atoms with Gasteiger partial charge in [0.15, 0.2) is 11.5 Å². The van der Waals surface area contributed by atoms with Gasteiger partial charge in [0, 0.05) is 5.56 Å². The van der Waals surface area contributed by atoms with E-state index in [0.29, 0.717) is 17.1 Å². The molecular formula is C19H22N2O3. The Bertz CT molecular complexity index is 782. The molecular weight excluding hydrogens is 304 g/mol. The molecule has 0 aliphatic carbocycles. The molecule has 2 aromatic carbocycles. The molecule has 0 radical (unpaired) electrons. The summed E-state index contributed by atoms with van der Waals surface area (Å²) in [6.45, 7) is 5.97. The first kappa shape index (κ1) is 17.5. The van der Waals surface area contributed by atoms with Crippen molar-refractivity contribution in [1.82, 2.24) is 5.43 Å². The highest BCUT2D eigenvalue weighted by Gasteiger charge is 2.10. The van der Waals surface area contributed by atoms with Gasteiger partial charge >= 0.3 is 0 Å². The third-order valence-corrected chi connectivity index (χ3v) is 3.90. The lowest BCUT2D eigenvalue weighted by Gasteiger charge is -2.09. The largest absolute Gasteiger partial charge is 0.493 e. The van der Waals surface area contributed by atoms with Crippen LogP contribution in [0.4, 0.5) is 0 Å². The fourth-order valence-electron chi connectivity index (χ4n) is 2.21. The highest BCUT2D eigenvalue weighted by Crippen LogP contribution is 2.27. The molecule has 0 saturated heterocycles. The third-order valence-electron chi connectivity index (χ3n) is 3.90. The van der Waals surface area contributed by atoms with Crippen LogP contribution in [0, 0.1) is 13.8 Å². The summed E-state index contributed by atoms with van der Waals surface area (Å²) in [5.74, 6) is 0.767. The number of hydrogen-bond donors (Lipinski definition) is 1. The second-order valence-electron chi connectivity index (χ2n) is 5.51. The van der Waals surface area contributed by atoms with Gasteiger partial charge in [0.2, 0.25) is 0 Å². The molecule has 0 saturated carbocycles. The molecule has 5 heteroatoms. The fraction of sp³-hybridized carbons (Fsp3) is 0.263. The summed E-state index contributed by atoms with van der Waals surface area (Å²) in [6, 6.07) is 11.1. The van der Waals surface area contributed by atoms with E-state index in [1.54, 1.807) is 25.3 Å². The van der Waals surface area contributed by atoms with Crippen LogP contribution in [0.1, 0.15) is 34.0 Å². The number of carbonyl (C=O) groups excluding carboxylic acids is 1. The number of ether oxygens (including phenoxy) is 2.